The largest absolute Gasteiger partial charge is 0.494 e. The molecule has 5 heteroatoms. The van der Waals surface area contributed by atoms with Gasteiger partial charge in [0.05, 0.1) is 6.61 Å². The van der Waals surface area contributed by atoms with E-state index in [4.69, 9.17) is 4.74 Å². The van der Waals surface area contributed by atoms with E-state index in [-0.39, 0.29) is 18.4 Å². The second-order valence-corrected chi connectivity index (χ2v) is 4.74. The van der Waals surface area contributed by atoms with Crippen molar-refractivity contribution in [2.24, 2.45) is 0 Å². The Morgan fingerprint density at radius 3 is 2.38 bits per heavy atom. The molecule has 0 unspecified atom stereocenters. The van der Waals surface area contributed by atoms with Crippen LogP contribution in [0.4, 0.5) is 5.69 Å². The minimum Gasteiger partial charge on any atom is -0.494 e. The molecule has 0 aliphatic heterocycles. The third-order valence-corrected chi connectivity index (χ3v) is 2.99. The molecule has 2 amide bonds. The van der Waals surface area contributed by atoms with Crippen LogP contribution in [0.2, 0.25) is 0 Å². The summed E-state index contributed by atoms with van der Waals surface area (Å²) in [5.41, 5.74) is 0.691. The second kappa shape index (κ2) is 9.00. The normalized spacial score (nSPS) is 10.0. The number of anilines is 1. The number of hydrogen-bond acceptors (Lipinski definition) is 3. The number of benzene rings is 1. The zero-order valence-corrected chi connectivity index (χ0v) is 13.0. The lowest BCUT2D eigenvalue weighted by Gasteiger charge is -2.21. The fourth-order valence-electron chi connectivity index (χ4n) is 1.88. The summed E-state index contributed by atoms with van der Waals surface area (Å²) in [4.78, 5) is 25.0. The van der Waals surface area contributed by atoms with Gasteiger partial charge < -0.3 is 15.0 Å². The highest BCUT2D eigenvalue weighted by atomic mass is 16.5. The predicted molar refractivity (Wildman–Crippen MR) is 83.6 cm³/mol. The Kier molecular flexibility index (Phi) is 7.29. The lowest BCUT2D eigenvalue weighted by atomic mass is 10.2. The summed E-state index contributed by atoms with van der Waals surface area (Å²) in [7, 11) is 0. The average molecular weight is 292 g/mol. The van der Waals surface area contributed by atoms with E-state index in [0.29, 0.717) is 18.8 Å². The number of nitrogens with zero attached hydrogens (tertiary/aromatic N) is 1. The molecule has 116 valence electrons. The Morgan fingerprint density at radius 2 is 1.86 bits per heavy atom. The van der Waals surface area contributed by atoms with Gasteiger partial charge in [0.1, 0.15) is 12.3 Å². The van der Waals surface area contributed by atoms with Crippen molar-refractivity contribution >= 4 is 17.5 Å². The fourth-order valence-corrected chi connectivity index (χ4v) is 1.88. The minimum atomic E-state index is -0.162. The maximum atomic E-state index is 11.8. The number of rotatable bonds is 8. The predicted octanol–water partition coefficient (Wildman–Crippen LogP) is 2.35. The van der Waals surface area contributed by atoms with Crippen molar-refractivity contribution in [3.63, 3.8) is 0 Å². The van der Waals surface area contributed by atoms with Crippen LogP contribution in [0, 0.1) is 0 Å². The van der Waals surface area contributed by atoms with Crippen molar-refractivity contribution in [1.82, 2.24) is 5.32 Å². The zero-order valence-electron chi connectivity index (χ0n) is 13.0. The Morgan fingerprint density at radius 1 is 1.19 bits per heavy atom. The Balaban J connectivity index is 2.68. The first kappa shape index (κ1) is 17.0. The van der Waals surface area contributed by atoms with Crippen LogP contribution in [0.15, 0.2) is 24.3 Å². The smallest absolute Gasteiger partial charge is 0.240 e. The van der Waals surface area contributed by atoms with Gasteiger partial charge in [-0.1, -0.05) is 13.3 Å². The van der Waals surface area contributed by atoms with E-state index in [1.54, 1.807) is 24.3 Å². The summed E-state index contributed by atoms with van der Waals surface area (Å²) < 4.78 is 5.36. The highest BCUT2D eigenvalue weighted by Gasteiger charge is 2.15. The topological polar surface area (TPSA) is 58.6 Å². The van der Waals surface area contributed by atoms with Crippen LogP contribution in [0.25, 0.3) is 0 Å². The average Bonchev–Trinajstić information content (AvgIpc) is 2.46. The van der Waals surface area contributed by atoms with Gasteiger partial charge in [-0.15, -0.1) is 0 Å². The first-order chi connectivity index (χ1) is 10.1. The molecule has 1 aromatic carbocycles. The number of nitrogens with one attached hydrogen (secondary N) is 1. The van der Waals surface area contributed by atoms with Gasteiger partial charge in [0.15, 0.2) is 0 Å². The van der Waals surface area contributed by atoms with Gasteiger partial charge in [0.25, 0.3) is 0 Å². The molecule has 0 radical (unpaired) electrons. The first-order valence-corrected chi connectivity index (χ1v) is 7.36. The Hall–Kier alpha value is -2.04. The third kappa shape index (κ3) is 5.85. The minimum absolute atomic E-state index is 0.0348. The van der Waals surface area contributed by atoms with Crippen molar-refractivity contribution in [1.29, 1.82) is 0 Å². The summed E-state index contributed by atoms with van der Waals surface area (Å²) in [5.74, 6) is 0.439. The molecule has 1 aromatic rings. The van der Waals surface area contributed by atoms with E-state index < -0.39 is 0 Å². The number of unbranched alkanes of at least 4 members (excludes halogenated alkanes) is 1. The van der Waals surface area contributed by atoms with Crippen molar-refractivity contribution in [3.05, 3.63) is 24.3 Å². The number of ether oxygens (including phenoxy) is 1. The van der Waals surface area contributed by atoms with Crippen molar-refractivity contribution < 1.29 is 14.3 Å². The summed E-state index contributed by atoms with van der Waals surface area (Å²) in [6.07, 6.45) is 1.96. The lowest BCUT2D eigenvalue weighted by molar-refractivity contribution is -0.123. The molecule has 0 aliphatic rings. The van der Waals surface area contributed by atoms with E-state index in [2.05, 4.69) is 12.2 Å². The molecule has 0 aromatic heterocycles. The molecule has 0 saturated heterocycles. The fraction of sp³-hybridized carbons (Fsp3) is 0.500. The van der Waals surface area contributed by atoms with Crippen LogP contribution in [0.3, 0.4) is 0 Å². The third-order valence-electron chi connectivity index (χ3n) is 2.99. The van der Waals surface area contributed by atoms with Crippen LogP contribution in [0.1, 0.15) is 33.6 Å². The molecule has 0 atom stereocenters. The summed E-state index contributed by atoms with van der Waals surface area (Å²) in [5, 5.41) is 2.81. The molecule has 0 fully saturated rings. The quantitative estimate of drug-likeness (QED) is 0.748. The second-order valence-electron chi connectivity index (χ2n) is 4.74. The zero-order chi connectivity index (χ0) is 15.7. The van der Waals surface area contributed by atoms with E-state index in [1.165, 1.54) is 11.8 Å². The Bertz CT molecular complexity index is 457. The maximum Gasteiger partial charge on any atom is 0.240 e. The van der Waals surface area contributed by atoms with Gasteiger partial charge in [-0.2, -0.15) is 0 Å². The van der Waals surface area contributed by atoms with Crippen molar-refractivity contribution in [2.75, 3.05) is 24.6 Å². The van der Waals surface area contributed by atoms with Gasteiger partial charge >= 0.3 is 0 Å². The highest BCUT2D eigenvalue weighted by Crippen LogP contribution is 2.19. The molecule has 0 bridgehead atoms. The molecule has 0 saturated carbocycles. The standard InChI is InChI=1S/C16H24N2O3/c1-4-6-11-17-16(20)12-18(13(3)19)14-7-9-15(10-8-14)21-5-2/h7-10H,4-6,11-12H2,1-3H3,(H,17,20). The van der Waals surface area contributed by atoms with Gasteiger partial charge in [0.2, 0.25) is 11.8 Å². The van der Waals surface area contributed by atoms with Crippen LogP contribution < -0.4 is 15.0 Å². The summed E-state index contributed by atoms with van der Waals surface area (Å²) in [6.45, 7) is 6.70. The molecular formula is C16H24N2O3. The molecule has 0 aliphatic carbocycles. The van der Waals surface area contributed by atoms with Crippen molar-refractivity contribution in [2.45, 2.75) is 33.6 Å². The molecule has 0 heterocycles. The molecular weight excluding hydrogens is 268 g/mol. The first-order valence-electron chi connectivity index (χ1n) is 7.36. The molecule has 5 nitrogen and oxygen atoms in total. The van der Waals surface area contributed by atoms with E-state index in [9.17, 15) is 9.59 Å². The molecule has 0 spiro atoms. The maximum absolute atomic E-state index is 11.8. The van der Waals surface area contributed by atoms with Crippen LogP contribution in [-0.2, 0) is 9.59 Å². The van der Waals surface area contributed by atoms with Gasteiger partial charge in [-0.05, 0) is 37.6 Å². The van der Waals surface area contributed by atoms with Crippen LogP contribution in [-0.4, -0.2) is 31.5 Å². The number of carbonyl (C=O) groups excluding carboxylic acids is 2. The monoisotopic (exact) mass is 292 g/mol. The van der Waals surface area contributed by atoms with Gasteiger partial charge in [-0.25, -0.2) is 0 Å². The highest BCUT2D eigenvalue weighted by molar-refractivity contribution is 5.97. The summed E-state index contributed by atoms with van der Waals surface area (Å²) in [6, 6.07) is 7.16. The van der Waals surface area contributed by atoms with E-state index in [1.807, 2.05) is 6.92 Å². The molecule has 21 heavy (non-hydrogen) atoms. The van der Waals surface area contributed by atoms with Crippen LogP contribution >= 0.6 is 0 Å². The number of carbonyl (C=O) groups is 2. The molecule has 1 N–H and O–H groups in total. The van der Waals surface area contributed by atoms with Gasteiger partial charge in [0, 0.05) is 19.2 Å². The van der Waals surface area contributed by atoms with Crippen LogP contribution in [0.5, 0.6) is 5.75 Å². The SMILES string of the molecule is CCCCNC(=O)CN(C(C)=O)c1ccc(OCC)cc1. The molecule has 1 rings (SSSR count). The Labute approximate surface area is 126 Å². The number of hydrogen-bond donors (Lipinski definition) is 1. The van der Waals surface area contributed by atoms with E-state index >= 15 is 0 Å². The van der Waals surface area contributed by atoms with Gasteiger partial charge in [-0.3, -0.25) is 9.59 Å². The summed E-state index contributed by atoms with van der Waals surface area (Å²) >= 11 is 0. The van der Waals surface area contributed by atoms with Crippen molar-refractivity contribution in [3.8, 4) is 5.75 Å². The lowest BCUT2D eigenvalue weighted by Crippen LogP contribution is -2.40. The number of amides is 2. The van der Waals surface area contributed by atoms with E-state index in [0.717, 1.165) is 18.6 Å².